The molecule has 0 radical (unpaired) electrons. The minimum Gasteiger partial charge on any atom is -0.492 e. The van der Waals surface area contributed by atoms with Crippen LogP contribution in [-0.4, -0.2) is 25.0 Å². The second-order valence-corrected chi connectivity index (χ2v) is 6.55. The van der Waals surface area contributed by atoms with E-state index in [0.29, 0.717) is 30.3 Å². The molecule has 1 aliphatic heterocycles. The predicted octanol–water partition coefficient (Wildman–Crippen LogP) is 3.66. The van der Waals surface area contributed by atoms with Crippen molar-refractivity contribution in [3.8, 4) is 11.5 Å². The molecule has 2 aromatic carbocycles. The summed E-state index contributed by atoms with van der Waals surface area (Å²) < 4.78 is 11.1. The first-order valence-corrected chi connectivity index (χ1v) is 8.80. The third kappa shape index (κ3) is 3.87. The fourth-order valence-electron chi connectivity index (χ4n) is 3.25. The molecule has 26 heavy (non-hydrogen) atoms. The van der Waals surface area contributed by atoms with Crippen LogP contribution in [0.4, 0.5) is 5.69 Å². The van der Waals surface area contributed by atoms with Gasteiger partial charge in [-0.3, -0.25) is 9.59 Å². The number of para-hydroxylation sites is 2. The summed E-state index contributed by atoms with van der Waals surface area (Å²) in [6.45, 7) is 6.61. The Bertz CT molecular complexity index is 810. The molecule has 0 saturated carbocycles. The van der Waals surface area contributed by atoms with Gasteiger partial charge in [0.15, 0.2) is 0 Å². The second-order valence-electron chi connectivity index (χ2n) is 6.55. The van der Waals surface area contributed by atoms with E-state index in [-0.39, 0.29) is 18.3 Å². The number of carbonyl (C=O) groups is 2. The van der Waals surface area contributed by atoms with Crippen molar-refractivity contribution in [3.05, 3.63) is 53.6 Å². The first kappa shape index (κ1) is 18.0. The summed E-state index contributed by atoms with van der Waals surface area (Å²) in [5.41, 5.74) is 2.76. The van der Waals surface area contributed by atoms with Gasteiger partial charge in [-0.15, -0.1) is 0 Å². The fraction of sp³-hybridized carbons (Fsp3) is 0.333. The molecular weight excluding hydrogens is 330 g/mol. The van der Waals surface area contributed by atoms with Crippen molar-refractivity contribution in [2.45, 2.75) is 27.2 Å². The van der Waals surface area contributed by atoms with Gasteiger partial charge in [0.2, 0.25) is 5.91 Å². The van der Waals surface area contributed by atoms with E-state index in [1.807, 2.05) is 63.2 Å². The van der Waals surface area contributed by atoms with Crippen molar-refractivity contribution in [1.82, 2.24) is 0 Å². The summed E-state index contributed by atoms with van der Waals surface area (Å²) in [5.74, 6) is 0.206. The molecule has 0 aliphatic carbocycles. The molecule has 136 valence electrons. The van der Waals surface area contributed by atoms with Gasteiger partial charge in [0.25, 0.3) is 0 Å². The minimum atomic E-state index is -0.488. The molecule has 0 spiro atoms. The van der Waals surface area contributed by atoms with Gasteiger partial charge < -0.3 is 14.4 Å². The number of esters is 1. The monoisotopic (exact) mass is 353 g/mol. The number of hydrogen-bond acceptors (Lipinski definition) is 4. The summed E-state index contributed by atoms with van der Waals surface area (Å²) in [5, 5.41) is 0. The van der Waals surface area contributed by atoms with Crippen LogP contribution in [0.2, 0.25) is 0 Å². The van der Waals surface area contributed by atoms with Gasteiger partial charge in [-0.1, -0.05) is 18.2 Å². The van der Waals surface area contributed by atoms with Crippen LogP contribution in [-0.2, 0) is 9.59 Å². The van der Waals surface area contributed by atoms with Gasteiger partial charge in [0, 0.05) is 13.0 Å². The number of nitrogens with zero attached hydrogens (tertiary/aromatic N) is 1. The Hall–Kier alpha value is -2.82. The molecule has 3 rings (SSSR count). The maximum absolute atomic E-state index is 12.5. The lowest BCUT2D eigenvalue weighted by Gasteiger charge is -2.20. The lowest BCUT2D eigenvalue weighted by Crippen LogP contribution is -2.27. The largest absolute Gasteiger partial charge is 0.492 e. The number of aryl methyl sites for hydroxylation is 2. The van der Waals surface area contributed by atoms with Gasteiger partial charge in [0.05, 0.1) is 18.2 Å². The molecule has 1 aliphatic rings. The van der Waals surface area contributed by atoms with Crippen molar-refractivity contribution in [2.24, 2.45) is 5.92 Å². The summed E-state index contributed by atoms with van der Waals surface area (Å²) in [6, 6.07) is 13.0. The molecular formula is C21H23NO4. The molecule has 0 aromatic heterocycles. The molecule has 2 aromatic rings. The van der Waals surface area contributed by atoms with Crippen LogP contribution in [0.3, 0.4) is 0 Å². The number of carbonyl (C=O) groups excluding carboxylic acids is 2. The highest BCUT2D eigenvalue weighted by molar-refractivity contribution is 6.00. The molecule has 1 atom stereocenters. The lowest BCUT2D eigenvalue weighted by molar-refractivity contribution is -0.139. The SMILES string of the molecule is CCOc1ccccc1N1C[C@@H](C(=O)Oc2cc(C)cc(C)c2)CC1=O. The van der Waals surface area contributed by atoms with Crippen molar-refractivity contribution in [3.63, 3.8) is 0 Å². The third-order valence-electron chi connectivity index (χ3n) is 4.33. The Balaban J connectivity index is 1.74. The summed E-state index contributed by atoms with van der Waals surface area (Å²) in [7, 11) is 0. The van der Waals surface area contributed by atoms with Gasteiger partial charge in [-0.05, 0) is 56.2 Å². The summed E-state index contributed by atoms with van der Waals surface area (Å²) in [6.07, 6.45) is 0.143. The number of benzene rings is 2. The van der Waals surface area contributed by atoms with Gasteiger partial charge in [-0.25, -0.2) is 0 Å². The minimum absolute atomic E-state index is 0.0977. The van der Waals surface area contributed by atoms with Crippen LogP contribution < -0.4 is 14.4 Å². The zero-order chi connectivity index (χ0) is 18.7. The smallest absolute Gasteiger partial charge is 0.316 e. The number of amides is 1. The number of hydrogen-bond donors (Lipinski definition) is 0. The van der Waals surface area contributed by atoms with Crippen molar-refractivity contribution >= 4 is 17.6 Å². The van der Waals surface area contributed by atoms with Crippen LogP contribution in [0, 0.1) is 19.8 Å². The van der Waals surface area contributed by atoms with Crippen LogP contribution in [0.15, 0.2) is 42.5 Å². The highest BCUT2D eigenvalue weighted by Crippen LogP contribution is 2.33. The average molecular weight is 353 g/mol. The van der Waals surface area contributed by atoms with Crippen molar-refractivity contribution in [2.75, 3.05) is 18.1 Å². The fourth-order valence-corrected chi connectivity index (χ4v) is 3.25. The van der Waals surface area contributed by atoms with E-state index in [4.69, 9.17) is 9.47 Å². The number of anilines is 1. The van der Waals surface area contributed by atoms with E-state index in [1.165, 1.54) is 0 Å². The van der Waals surface area contributed by atoms with E-state index in [2.05, 4.69) is 0 Å². The maximum atomic E-state index is 12.5. The van der Waals surface area contributed by atoms with Crippen molar-refractivity contribution < 1.29 is 19.1 Å². The standard InChI is InChI=1S/C21H23NO4/c1-4-25-19-8-6-5-7-18(19)22-13-16(12-20(22)23)21(24)26-17-10-14(2)9-15(3)11-17/h5-11,16H,4,12-13H2,1-3H3/t16-/m0/s1. The molecule has 1 amide bonds. The zero-order valence-corrected chi connectivity index (χ0v) is 15.3. The van der Waals surface area contributed by atoms with Crippen LogP contribution in [0.25, 0.3) is 0 Å². The molecule has 0 bridgehead atoms. The maximum Gasteiger partial charge on any atom is 0.316 e. The van der Waals surface area contributed by atoms with E-state index in [1.54, 1.807) is 4.90 Å². The zero-order valence-electron chi connectivity index (χ0n) is 15.3. The molecule has 1 fully saturated rings. The van der Waals surface area contributed by atoms with Crippen LogP contribution in [0.1, 0.15) is 24.5 Å². The molecule has 5 heteroatoms. The quantitative estimate of drug-likeness (QED) is 0.608. The third-order valence-corrected chi connectivity index (χ3v) is 4.33. The van der Waals surface area contributed by atoms with E-state index in [0.717, 1.165) is 11.1 Å². The van der Waals surface area contributed by atoms with E-state index < -0.39 is 5.92 Å². The highest BCUT2D eigenvalue weighted by Gasteiger charge is 2.37. The normalized spacial score (nSPS) is 16.7. The average Bonchev–Trinajstić information content (AvgIpc) is 2.96. The van der Waals surface area contributed by atoms with Crippen LogP contribution >= 0.6 is 0 Å². The van der Waals surface area contributed by atoms with Gasteiger partial charge in [-0.2, -0.15) is 0 Å². The van der Waals surface area contributed by atoms with E-state index in [9.17, 15) is 9.59 Å². The predicted molar refractivity (Wildman–Crippen MR) is 99.6 cm³/mol. The Morgan fingerprint density at radius 2 is 1.85 bits per heavy atom. The Morgan fingerprint density at radius 1 is 1.15 bits per heavy atom. The Labute approximate surface area is 153 Å². The Kier molecular flexibility index (Phi) is 5.26. The number of rotatable bonds is 5. The Morgan fingerprint density at radius 3 is 2.54 bits per heavy atom. The molecule has 5 nitrogen and oxygen atoms in total. The second kappa shape index (κ2) is 7.60. The first-order valence-electron chi connectivity index (χ1n) is 8.80. The van der Waals surface area contributed by atoms with Crippen molar-refractivity contribution in [1.29, 1.82) is 0 Å². The molecule has 0 N–H and O–H groups in total. The summed E-state index contributed by atoms with van der Waals surface area (Å²) in [4.78, 5) is 26.6. The summed E-state index contributed by atoms with van der Waals surface area (Å²) >= 11 is 0. The van der Waals surface area contributed by atoms with Gasteiger partial charge >= 0.3 is 5.97 Å². The van der Waals surface area contributed by atoms with Gasteiger partial charge in [0.1, 0.15) is 11.5 Å². The highest BCUT2D eigenvalue weighted by atomic mass is 16.5. The molecule has 0 unspecified atom stereocenters. The van der Waals surface area contributed by atoms with Crippen LogP contribution in [0.5, 0.6) is 11.5 Å². The lowest BCUT2D eigenvalue weighted by atomic mass is 10.1. The molecule has 1 saturated heterocycles. The first-order chi connectivity index (χ1) is 12.5. The number of ether oxygens (including phenoxy) is 2. The van der Waals surface area contributed by atoms with E-state index >= 15 is 0 Å². The molecule has 1 heterocycles. The topological polar surface area (TPSA) is 55.8 Å².